The molecule has 0 saturated heterocycles. The molecule has 17 heavy (non-hydrogen) atoms. The first-order chi connectivity index (χ1) is 8.26. The van der Waals surface area contributed by atoms with E-state index < -0.39 is 0 Å². The van der Waals surface area contributed by atoms with Gasteiger partial charge in [0.05, 0.1) is 6.61 Å². The van der Waals surface area contributed by atoms with Crippen LogP contribution in [-0.4, -0.2) is 17.6 Å². The van der Waals surface area contributed by atoms with Crippen molar-refractivity contribution in [2.75, 3.05) is 6.61 Å². The van der Waals surface area contributed by atoms with Gasteiger partial charge in [0.15, 0.2) is 0 Å². The van der Waals surface area contributed by atoms with Crippen molar-refractivity contribution in [2.24, 2.45) is 0 Å². The minimum absolute atomic E-state index is 0.147. The van der Waals surface area contributed by atoms with Gasteiger partial charge in [-0.1, -0.05) is 6.07 Å². The SMILES string of the molecule is CCOC(=O)CCCCc1cccc(C#N)n1. The number of nitrogens with zero attached hydrogens (tertiary/aromatic N) is 2. The molecule has 0 aliphatic rings. The lowest BCUT2D eigenvalue weighted by molar-refractivity contribution is -0.143. The lowest BCUT2D eigenvalue weighted by Crippen LogP contribution is -2.03. The Morgan fingerprint density at radius 1 is 1.47 bits per heavy atom. The lowest BCUT2D eigenvalue weighted by Gasteiger charge is -2.02. The first-order valence-corrected chi connectivity index (χ1v) is 5.78. The summed E-state index contributed by atoms with van der Waals surface area (Å²) in [6.07, 6.45) is 2.90. The van der Waals surface area contributed by atoms with Crippen molar-refractivity contribution in [2.45, 2.75) is 32.6 Å². The predicted molar refractivity (Wildman–Crippen MR) is 63.1 cm³/mol. The molecular formula is C13H16N2O2. The summed E-state index contributed by atoms with van der Waals surface area (Å²) in [6.45, 7) is 2.24. The molecule has 0 aliphatic heterocycles. The van der Waals surface area contributed by atoms with E-state index in [1.54, 1.807) is 13.0 Å². The summed E-state index contributed by atoms with van der Waals surface area (Å²) in [6, 6.07) is 7.41. The Balaban J connectivity index is 2.27. The molecule has 1 aromatic heterocycles. The molecule has 0 N–H and O–H groups in total. The summed E-state index contributed by atoms with van der Waals surface area (Å²) in [5.41, 5.74) is 1.33. The molecule has 4 heteroatoms. The van der Waals surface area contributed by atoms with Gasteiger partial charge in [-0.05, 0) is 38.3 Å². The third-order valence-corrected chi connectivity index (χ3v) is 2.29. The molecule has 0 bridgehead atoms. The summed E-state index contributed by atoms with van der Waals surface area (Å²) in [7, 11) is 0. The van der Waals surface area contributed by atoms with Crippen LogP contribution in [0.5, 0.6) is 0 Å². The van der Waals surface area contributed by atoms with E-state index in [0.717, 1.165) is 25.0 Å². The molecule has 0 amide bonds. The number of hydrogen-bond donors (Lipinski definition) is 0. The average Bonchev–Trinajstić information content (AvgIpc) is 2.35. The van der Waals surface area contributed by atoms with E-state index >= 15 is 0 Å². The van der Waals surface area contributed by atoms with Crippen LogP contribution in [-0.2, 0) is 16.0 Å². The highest BCUT2D eigenvalue weighted by Crippen LogP contribution is 2.06. The molecule has 0 fully saturated rings. The van der Waals surface area contributed by atoms with E-state index in [4.69, 9.17) is 10.00 Å². The van der Waals surface area contributed by atoms with Crippen LogP contribution in [0.4, 0.5) is 0 Å². The van der Waals surface area contributed by atoms with Crippen molar-refractivity contribution in [3.8, 4) is 6.07 Å². The number of unbranched alkanes of at least 4 members (excludes halogenated alkanes) is 1. The fourth-order valence-electron chi connectivity index (χ4n) is 1.49. The van der Waals surface area contributed by atoms with Crippen LogP contribution in [0.1, 0.15) is 37.6 Å². The maximum Gasteiger partial charge on any atom is 0.305 e. The van der Waals surface area contributed by atoms with E-state index in [2.05, 4.69) is 4.98 Å². The van der Waals surface area contributed by atoms with E-state index in [1.165, 1.54) is 0 Å². The van der Waals surface area contributed by atoms with Gasteiger partial charge in [0, 0.05) is 12.1 Å². The second kappa shape index (κ2) is 7.39. The quantitative estimate of drug-likeness (QED) is 0.557. The second-order valence-corrected chi connectivity index (χ2v) is 3.64. The number of hydrogen-bond acceptors (Lipinski definition) is 4. The summed E-state index contributed by atoms with van der Waals surface area (Å²) in [5, 5.41) is 8.69. The number of aromatic nitrogens is 1. The van der Waals surface area contributed by atoms with Gasteiger partial charge in [-0.3, -0.25) is 4.79 Å². The first-order valence-electron chi connectivity index (χ1n) is 5.78. The zero-order chi connectivity index (χ0) is 12.5. The average molecular weight is 232 g/mol. The molecule has 1 rings (SSSR count). The van der Waals surface area contributed by atoms with Crippen LogP contribution >= 0.6 is 0 Å². The van der Waals surface area contributed by atoms with E-state index in [1.807, 2.05) is 18.2 Å². The van der Waals surface area contributed by atoms with Gasteiger partial charge in [0.2, 0.25) is 0 Å². The third kappa shape index (κ3) is 5.12. The molecule has 1 heterocycles. The summed E-state index contributed by atoms with van der Waals surface area (Å²) in [4.78, 5) is 15.2. The largest absolute Gasteiger partial charge is 0.466 e. The summed E-state index contributed by atoms with van der Waals surface area (Å²) in [5.74, 6) is -0.147. The van der Waals surface area contributed by atoms with Crippen LogP contribution < -0.4 is 0 Å². The Kier molecular flexibility index (Phi) is 5.73. The van der Waals surface area contributed by atoms with Crippen molar-refractivity contribution in [3.05, 3.63) is 29.6 Å². The Bertz CT molecular complexity index is 410. The summed E-state index contributed by atoms with van der Waals surface area (Å²) < 4.78 is 4.83. The second-order valence-electron chi connectivity index (χ2n) is 3.64. The van der Waals surface area contributed by atoms with Crippen LogP contribution in [0.15, 0.2) is 18.2 Å². The van der Waals surface area contributed by atoms with Crippen molar-refractivity contribution >= 4 is 5.97 Å². The Labute approximate surface area is 101 Å². The van der Waals surface area contributed by atoms with Crippen molar-refractivity contribution in [1.29, 1.82) is 5.26 Å². The van der Waals surface area contributed by atoms with Gasteiger partial charge in [-0.15, -0.1) is 0 Å². The van der Waals surface area contributed by atoms with Crippen LogP contribution in [0.2, 0.25) is 0 Å². The highest BCUT2D eigenvalue weighted by Gasteiger charge is 2.02. The number of pyridine rings is 1. The number of carbonyl (C=O) groups is 1. The summed E-state index contributed by atoms with van der Waals surface area (Å²) >= 11 is 0. The Morgan fingerprint density at radius 3 is 3.00 bits per heavy atom. The van der Waals surface area contributed by atoms with Crippen LogP contribution in [0, 0.1) is 11.3 Å². The normalized spacial score (nSPS) is 9.65. The van der Waals surface area contributed by atoms with Crippen molar-refractivity contribution in [3.63, 3.8) is 0 Å². The minimum atomic E-state index is -0.147. The van der Waals surface area contributed by atoms with Gasteiger partial charge < -0.3 is 4.74 Å². The number of aryl methyl sites for hydroxylation is 1. The van der Waals surface area contributed by atoms with Gasteiger partial charge in [-0.25, -0.2) is 4.98 Å². The van der Waals surface area contributed by atoms with Crippen molar-refractivity contribution < 1.29 is 9.53 Å². The van der Waals surface area contributed by atoms with Gasteiger partial charge in [0.25, 0.3) is 0 Å². The van der Waals surface area contributed by atoms with Gasteiger partial charge >= 0.3 is 5.97 Å². The fourth-order valence-corrected chi connectivity index (χ4v) is 1.49. The first kappa shape index (κ1) is 13.2. The molecule has 0 atom stereocenters. The molecule has 0 unspecified atom stereocenters. The molecule has 1 aromatic rings. The lowest BCUT2D eigenvalue weighted by atomic mass is 10.1. The highest BCUT2D eigenvalue weighted by molar-refractivity contribution is 5.69. The molecule has 0 spiro atoms. The van der Waals surface area contributed by atoms with Gasteiger partial charge in [-0.2, -0.15) is 5.26 Å². The van der Waals surface area contributed by atoms with E-state index in [9.17, 15) is 4.79 Å². The minimum Gasteiger partial charge on any atom is -0.466 e. The fraction of sp³-hybridized carbons (Fsp3) is 0.462. The number of carbonyl (C=O) groups excluding carboxylic acids is 1. The van der Waals surface area contributed by atoms with Crippen LogP contribution in [0.25, 0.3) is 0 Å². The maximum absolute atomic E-state index is 11.1. The zero-order valence-electron chi connectivity index (χ0n) is 9.98. The zero-order valence-corrected chi connectivity index (χ0v) is 9.98. The molecule has 4 nitrogen and oxygen atoms in total. The smallest absolute Gasteiger partial charge is 0.305 e. The predicted octanol–water partition coefficient (Wildman–Crippen LogP) is 2.23. The molecule has 0 aromatic carbocycles. The topological polar surface area (TPSA) is 63.0 Å². The van der Waals surface area contributed by atoms with Gasteiger partial charge in [0.1, 0.15) is 11.8 Å². The molecular weight excluding hydrogens is 216 g/mol. The van der Waals surface area contributed by atoms with Crippen LogP contribution in [0.3, 0.4) is 0 Å². The molecule has 0 saturated carbocycles. The van der Waals surface area contributed by atoms with E-state index in [0.29, 0.717) is 18.7 Å². The monoisotopic (exact) mass is 232 g/mol. The maximum atomic E-state index is 11.1. The number of ether oxygens (including phenoxy) is 1. The Morgan fingerprint density at radius 2 is 2.29 bits per heavy atom. The third-order valence-electron chi connectivity index (χ3n) is 2.29. The Hall–Kier alpha value is -1.89. The molecule has 90 valence electrons. The standard InChI is InChI=1S/C13H16N2O2/c1-2-17-13(16)9-4-3-6-11-7-5-8-12(10-14)15-11/h5,7-8H,2-4,6,9H2,1H3. The highest BCUT2D eigenvalue weighted by atomic mass is 16.5. The number of nitriles is 1. The van der Waals surface area contributed by atoms with E-state index in [-0.39, 0.29) is 5.97 Å². The molecule has 0 radical (unpaired) electrons. The van der Waals surface area contributed by atoms with Crippen molar-refractivity contribution in [1.82, 2.24) is 4.98 Å². The molecule has 0 aliphatic carbocycles. The number of rotatable bonds is 6. The number of esters is 1.